The van der Waals surface area contributed by atoms with Crippen LogP contribution in [0.4, 0.5) is 0 Å². The number of carbonyl (C=O) groups is 1. The molecular formula is C10H8ClIO2. The fourth-order valence-electron chi connectivity index (χ4n) is 1.00. The first-order valence-electron chi connectivity index (χ1n) is 3.87. The molecule has 0 fully saturated rings. The molecule has 14 heavy (non-hydrogen) atoms. The molecule has 1 aromatic carbocycles. The van der Waals surface area contributed by atoms with Crippen LogP contribution < -0.4 is 0 Å². The average molecular weight is 323 g/mol. The molecule has 0 unspecified atom stereocenters. The highest BCUT2D eigenvalue weighted by Gasteiger charge is 2.01. The first kappa shape index (κ1) is 11.5. The van der Waals surface area contributed by atoms with Crippen LogP contribution in [0.5, 0.6) is 0 Å². The van der Waals surface area contributed by atoms with Gasteiger partial charge in [0.15, 0.2) is 0 Å². The molecule has 0 atom stereocenters. The molecule has 4 heteroatoms. The van der Waals surface area contributed by atoms with Crippen molar-refractivity contribution in [2.45, 2.75) is 6.92 Å². The molecule has 0 aromatic heterocycles. The van der Waals surface area contributed by atoms with Crippen LogP contribution in [0.3, 0.4) is 0 Å². The molecule has 0 saturated heterocycles. The van der Waals surface area contributed by atoms with Crippen molar-refractivity contribution in [3.63, 3.8) is 0 Å². The molecular weight excluding hydrogens is 314 g/mol. The van der Waals surface area contributed by atoms with Crippen molar-refractivity contribution in [1.82, 2.24) is 0 Å². The lowest BCUT2D eigenvalue weighted by molar-refractivity contribution is -0.131. The Balaban J connectivity index is 3.10. The van der Waals surface area contributed by atoms with E-state index in [9.17, 15) is 4.79 Å². The molecule has 1 N–H and O–H groups in total. The second kappa shape index (κ2) is 4.79. The summed E-state index contributed by atoms with van der Waals surface area (Å²) in [6, 6.07) is 3.68. The number of benzene rings is 1. The van der Waals surface area contributed by atoms with E-state index in [0.717, 1.165) is 20.8 Å². The quantitative estimate of drug-likeness (QED) is 0.670. The van der Waals surface area contributed by atoms with Crippen LogP contribution in [-0.4, -0.2) is 11.1 Å². The van der Waals surface area contributed by atoms with Crippen molar-refractivity contribution >= 4 is 46.2 Å². The van der Waals surface area contributed by atoms with Gasteiger partial charge in [0.1, 0.15) is 0 Å². The molecule has 0 amide bonds. The van der Waals surface area contributed by atoms with Gasteiger partial charge in [-0.2, -0.15) is 0 Å². The lowest BCUT2D eigenvalue weighted by atomic mass is 10.1. The Bertz CT molecular complexity index is 399. The maximum atomic E-state index is 10.3. The Kier molecular flexibility index (Phi) is 3.95. The van der Waals surface area contributed by atoms with Gasteiger partial charge in [0, 0.05) is 9.65 Å². The maximum Gasteiger partial charge on any atom is 0.328 e. The highest BCUT2D eigenvalue weighted by Crippen LogP contribution is 2.23. The van der Waals surface area contributed by atoms with Crippen molar-refractivity contribution in [2.75, 3.05) is 0 Å². The summed E-state index contributed by atoms with van der Waals surface area (Å²) in [5, 5.41) is 9.11. The minimum absolute atomic E-state index is 0.640. The second-order valence-electron chi connectivity index (χ2n) is 2.79. The summed E-state index contributed by atoms with van der Waals surface area (Å²) >= 11 is 8.05. The molecule has 2 nitrogen and oxygen atoms in total. The monoisotopic (exact) mass is 322 g/mol. The molecule has 0 aliphatic rings. The smallest absolute Gasteiger partial charge is 0.328 e. The van der Waals surface area contributed by atoms with E-state index in [-0.39, 0.29) is 0 Å². The topological polar surface area (TPSA) is 37.3 Å². The Labute approximate surface area is 101 Å². The van der Waals surface area contributed by atoms with Gasteiger partial charge in [-0.05, 0) is 58.9 Å². The van der Waals surface area contributed by atoms with E-state index in [2.05, 4.69) is 22.6 Å². The number of aryl methyl sites for hydroxylation is 1. The fraction of sp³-hybridized carbons (Fsp3) is 0.100. The van der Waals surface area contributed by atoms with Crippen molar-refractivity contribution in [2.24, 2.45) is 0 Å². The summed E-state index contributed by atoms with van der Waals surface area (Å²) < 4.78 is 0.967. The third-order valence-electron chi connectivity index (χ3n) is 1.71. The van der Waals surface area contributed by atoms with Crippen LogP contribution in [0.1, 0.15) is 11.1 Å². The molecule has 0 saturated carbocycles. The number of aliphatic carboxylic acids is 1. The summed E-state index contributed by atoms with van der Waals surface area (Å²) in [4.78, 5) is 10.3. The Morgan fingerprint density at radius 1 is 1.57 bits per heavy atom. The van der Waals surface area contributed by atoms with Crippen molar-refractivity contribution < 1.29 is 9.90 Å². The number of halogens is 2. The molecule has 0 aliphatic heterocycles. The van der Waals surface area contributed by atoms with Crippen LogP contribution in [0.2, 0.25) is 5.02 Å². The first-order valence-corrected chi connectivity index (χ1v) is 5.33. The van der Waals surface area contributed by atoms with Gasteiger partial charge in [-0.3, -0.25) is 0 Å². The van der Waals surface area contributed by atoms with Crippen LogP contribution in [0.15, 0.2) is 18.2 Å². The fourth-order valence-corrected chi connectivity index (χ4v) is 1.80. The van der Waals surface area contributed by atoms with Crippen LogP contribution in [-0.2, 0) is 4.79 Å². The summed E-state index contributed by atoms with van der Waals surface area (Å²) in [6.45, 7) is 1.92. The van der Waals surface area contributed by atoms with Crippen LogP contribution >= 0.6 is 34.2 Å². The van der Waals surface area contributed by atoms with Gasteiger partial charge in [-0.15, -0.1) is 0 Å². The number of rotatable bonds is 2. The zero-order valence-corrected chi connectivity index (χ0v) is 10.3. The minimum Gasteiger partial charge on any atom is -0.478 e. The highest BCUT2D eigenvalue weighted by molar-refractivity contribution is 14.1. The normalized spacial score (nSPS) is 10.8. The molecule has 0 spiro atoms. The third kappa shape index (κ3) is 2.99. The zero-order chi connectivity index (χ0) is 10.7. The van der Waals surface area contributed by atoms with Gasteiger partial charge < -0.3 is 5.11 Å². The Morgan fingerprint density at radius 2 is 2.21 bits per heavy atom. The lowest BCUT2D eigenvalue weighted by Crippen LogP contribution is -1.88. The second-order valence-corrected chi connectivity index (χ2v) is 4.36. The summed E-state index contributed by atoms with van der Waals surface area (Å²) in [5.41, 5.74) is 1.84. The van der Waals surface area contributed by atoms with Gasteiger partial charge in [0.25, 0.3) is 0 Å². The predicted molar refractivity (Wildman–Crippen MR) is 65.6 cm³/mol. The minimum atomic E-state index is -0.959. The Morgan fingerprint density at radius 3 is 2.79 bits per heavy atom. The van der Waals surface area contributed by atoms with E-state index in [4.69, 9.17) is 16.7 Å². The summed E-state index contributed by atoms with van der Waals surface area (Å²) in [7, 11) is 0. The van der Waals surface area contributed by atoms with E-state index in [1.165, 1.54) is 0 Å². The van der Waals surface area contributed by atoms with Crippen molar-refractivity contribution in [3.8, 4) is 0 Å². The van der Waals surface area contributed by atoms with Gasteiger partial charge in [-0.1, -0.05) is 11.6 Å². The van der Waals surface area contributed by atoms with Crippen LogP contribution in [0, 0.1) is 10.5 Å². The standard InChI is InChI=1S/C10H8ClIO2/c1-6-4-9(12)8(11)5-7(6)2-3-10(13)14/h2-5H,1H3,(H,13,14). The molecule has 0 aliphatic carbocycles. The van der Waals surface area contributed by atoms with Crippen molar-refractivity contribution in [1.29, 1.82) is 0 Å². The predicted octanol–water partition coefficient (Wildman–Crippen LogP) is 3.35. The molecule has 0 heterocycles. The van der Waals surface area contributed by atoms with Gasteiger partial charge in [-0.25, -0.2) is 4.79 Å². The van der Waals surface area contributed by atoms with E-state index >= 15 is 0 Å². The van der Waals surface area contributed by atoms with Gasteiger partial charge in [0.2, 0.25) is 0 Å². The van der Waals surface area contributed by atoms with Crippen LogP contribution in [0.25, 0.3) is 6.08 Å². The van der Waals surface area contributed by atoms with E-state index in [1.54, 1.807) is 12.1 Å². The molecule has 1 aromatic rings. The molecule has 0 bridgehead atoms. The van der Waals surface area contributed by atoms with E-state index in [0.29, 0.717) is 5.02 Å². The number of hydrogen-bond donors (Lipinski definition) is 1. The maximum absolute atomic E-state index is 10.3. The molecule has 0 radical (unpaired) electrons. The lowest BCUT2D eigenvalue weighted by Gasteiger charge is -2.02. The number of hydrogen-bond acceptors (Lipinski definition) is 1. The zero-order valence-electron chi connectivity index (χ0n) is 7.42. The van der Waals surface area contributed by atoms with E-state index in [1.807, 2.05) is 13.0 Å². The summed E-state index contributed by atoms with van der Waals surface area (Å²) in [6.07, 6.45) is 2.64. The molecule has 1 rings (SSSR count). The largest absolute Gasteiger partial charge is 0.478 e. The first-order chi connectivity index (χ1) is 6.50. The van der Waals surface area contributed by atoms with Gasteiger partial charge >= 0.3 is 5.97 Å². The Hall–Kier alpha value is -0.550. The van der Waals surface area contributed by atoms with Crippen molar-refractivity contribution in [3.05, 3.63) is 37.9 Å². The number of carboxylic acids is 1. The number of carboxylic acid groups (broad SMARTS) is 1. The van der Waals surface area contributed by atoms with Gasteiger partial charge in [0.05, 0.1) is 5.02 Å². The SMILES string of the molecule is Cc1cc(I)c(Cl)cc1C=CC(=O)O. The third-order valence-corrected chi connectivity index (χ3v) is 3.24. The molecule has 74 valence electrons. The highest BCUT2D eigenvalue weighted by atomic mass is 127. The van der Waals surface area contributed by atoms with E-state index < -0.39 is 5.97 Å². The average Bonchev–Trinajstić information content (AvgIpc) is 2.09. The summed E-state index contributed by atoms with van der Waals surface area (Å²) in [5.74, 6) is -0.959.